The van der Waals surface area contributed by atoms with E-state index in [0.717, 1.165) is 0 Å². The molecule has 1 rings (SSSR count). The highest BCUT2D eigenvalue weighted by Gasteiger charge is 2.32. The maximum Gasteiger partial charge on any atom is 0.573 e. The fourth-order valence-electron chi connectivity index (χ4n) is 1.08. The standard InChI is InChI=1S/C9H9F3O/c1-6-4-3-5-7(2)8(6)13-9(10,11)12/h3-5H,1-2H3. The van der Waals surface area contributed by atoms with E-state index >= 15 is 0 Å². The fraction of sp³-hybridized carbons (Fsp3) is 0.333. The van der Waals surface area contributed by atoms with E-state index < -0.39 is 6.36 Å². The molecule has 0 aromatic heterocycles. The van der Waals surface area contributed by atoms with Gasteiger partial charge in [-0.25, -0.2) is 0 Å². The molecule has 1 aromatic carbocycles. The van der Waals surface area contributed by atoms with Gasteiger partial charge in [0.1, 0.15) is 5.75 Å². The predicted molar refractivity (Wildman–Crippen MR) is 42.6 cm³/mol. The van der Waals surface area contributed by atoms with Crippen molar-refractivity contribution >= 4 is 0 Å². The first-order valence-corrected chi connectivity index (χ1v) is 3.72. The zero-order valence-electron chi connectivity index (χ0n) is 7.27. The number of benzene rings is 1. The molecule has 0 N–H and O–H groups in total. The molecular weight excluding hydrogens is 181 g/mol. The molecule has 72 valence electrons. The van der Waals surface area contributed by atoms with Gasteiger partial charge in [0.2, 0.25) is 0 Å². The molecule has 0 heterocycles. The highest BCUT2D eigenvalue weighted by molar-refractivity contribution is 5.39. The molecule has 0 aliphatic rings. The Hall–Kier alpha value is -1.19. The maximum atomic E-state index is 11.9. The van der Waals surface area contributed by atoms with E-state index in [1.165, 1.54) is 0 Å². The summed E-state index contributed by atoms with van der Waals surface area (Å²) in [5, 5.41) is 0. The van der Waals surface area contributed by atoms with Gasteiger partial charge in [0, 0.05) is 0 Å². The maximum absolute atomic E-state index is 11.9. The normalized spacial score (nSPS) is 11.5. The van der Waals surface area contributed by atoms with Crippen molar-refractivity contribution in [2.75, 3.05) is 0 Å². The van der Waals surface area contributed by atoms with Gasteiger partial charge < -0.3 is 4.74 Å². The monoisotopic (exact) mass is 190 g/mol. The Morgan fingerprint density at radius 3 is 1.92 bits per heavy atom. The molecule has 0 saturated carbocycles. The zero-order chi connectivity index (χ0) is 10.1. The Morgan fingerprint density at radius 1 is 1.08 bits per heavy atom. The number of aryl methyl sites for hydroxylation is 2. The van der Waals surface area contributed by atoms with Crippen molar-refractivity contribution in [2.24, 2.45) is 0 Å². The van der Waals surface area contributed by atoms with E-state index in [1.54, 1.807) is 32.0 Å². The van der Waals surface area contributed by atoms with Crippen molar-refractivity contribution in [3.63, 3.8) is 0 Å². The van der Waals surface area contributed by atoms with Gasteiger partial charge in [-0.1, -0.05) is 18.2 Å². The lowest BCUT2D eigenvalue weighted by Crippen LogP contribution is -2.18. The molecule has 4 heteroatoms. The van der Waals surface area contributed by atoms with E-state index in [9.17, 15) is 13.2 Å². The molecule has 1 aromatic rings. The minimum atomic E-state index is -4.61. The van der Waals surface area contributed by atoms with E-state index in [2.05, 4.69) is 4.74 Å². The van der Waals surface area contributed by atoms with E-state index in [0.29, 0.717) is 11.1 Å². The van der Waals surface area contributed by atoms with Gasteiger partial charge in [-0.2, -0.15) is 0 Å². The van der Waals surface area contributed by atoms with Crippen molar-refractivity contribution < 1.29 is 17.9 Å². The topological polar surface area (TPSA) is 9.23 Å². The van der Waals surface area contributed by atoms with Crippen LogP contribution in [0.4, 0.5) is 13.2 Å². The molecule has 0 saturated heterocycles. The van der Waals surface area contributed by atoms with Gasteiger partial charge in [-0.15, -0.1) is 13.2 Å². The lowest BCUT2D eigenvalue weighted by molar-refractivity contribution is -0.275. The summed E-state index contributed by atoms with van der Waals surface area (Å²) in [5.41, 5.74) is 0.967. The second-order valence-corrected chi connectivity index (χ2v) is 2.77. The highest BCUT2D eigenvalue weighted by Crippen LogP contribution is 2.28. The van der Waals surface area contributed by atoms with Gasteiger partial charge in [0.05, 0.1) is 0 Å². The Kier molecular flexibility index (Phi) is 2.50. The van der Waals surface area contributed by atoms with E-state index in [-0.39, 0.29) is 5.75 Å². The first-order valence-electron chi connectivity index (χ1n) is 3.72. The second kappa shape index (κ2) is 3.28. The molecule has 13 heavy (non-hydrogen) atoms. The molecule has 0 bridgehead atoms. The SMILES string of the molecule is Cc1cccc(C)c1OC(F)(F)F. The molecule has 0 radical (unpaired) electrons. The van der Waals surface area contributed by atoms with Crippen molar-refractivity contribution in [3.05, 3.63) is 29.3 Å². The van der Waals surface area contributed by atoms with E-state index in [1.807, 2.05) is 0 Å². The molecule has 0 amide bonds. The average Bonchev–Trinajstić information content (AvgIpc) is 1.95. The first-order chi connectivity index (χ1) is 5.90. The Bertz CT molecular complexity index is 284. The summed E-state index contributed by atoms with van der Waals surface area (Å²) in [6, 6.07) is 4.84. The molecule has 1 nitrogen and oxygen atoms in total. The van der Waals surface area contributed by atoms with Gasteiger partial charge in [0.25, 0.3) is 0 Å². The molecule has 0 spiro atoms. The summed E-state index contributed by atoms with van der Waals surface area (Å²) < 4.78 is 39.5. The summed E-state index contributed by atoms with van der Waals surface area (Å²) >= 11 is 0. The van der Waals surface area contributed by atoms with Gasteiger partial charge >= 0.3 is 6.36 Å². The van der Waals surface area contributed by atoms with Crippen LogP contribution in [0.5, 0.6) is 5.75 Å². The van der Waals surface area contributed by atoms with Crippen molar-refractivity contribution in [2.45, 2.75) is 20.2 Å². The third-order valence-electron chi connectivity index (χ3n) is 1.63. The number of rotatable bonds is 1. The second-order valence-electron chi connectivity index (χ2n) is 2.77. The third kappa shape index (κ3) is 2.65. The quantitative estimate of drug-likeness (QED) is 0.660. The Balaban J connectivity index is 3.00. The molecule has 0 aliphatic carbocycles. The number of hydrogen-bond acceptors (Lipinski definition) is 1. The molecule has 0 unspecified atom stereocenters. The smallest absolute Gasteiger partial charge is 0.405 e. The minimum Gasteiger partial charge on any atom is -0.405 e. The molecule has 0 fully saturated rings. The van der Waals surface area contributed by atoms with Crippen molar-refractivity contribution in [1.29, 1.82) is 0 Å². The van der Waals surface area contributed by atoms with Gasteiger partial charge in [0.15, 0.2) is 0 Å². The zero-order valence-corrected chi connectivity index (χ0v) is 7.27. The third-order valence-corrected chi connectivity index (χ3v) is 1.63. The number of halogens is 3. The highest BCUT2D eigenvalue weighted by atomic mass is 19.4. The minimum absolute atomic E-state index is 0.102. The Morgan fingerprint density at radius 2 is 1.54 bits per heavy atom. The van der Waals surface area contributed by atoms with Crippen LogP contribution >= 0.6 is 0 Å². The number of hydrogen-bond donors (Lipinski definition) is 0. The predicted octanol–water partition coefficient (Wildman–Crippen LogP) is 3.20. The number of para-hydroxylation sites is 1. The van der Waals surface area contributed by atoms with Crippen LogP contribution in [-0.2, 0) is 0 Å². The van der Waals surface area contributed by atoms with Crippen LogP contribution in [0.1, 0.15) is 11.1 Å². The average molecular weight is 190 g/mol. The van der Waals surface area contributed by atoms with Gasteiger partial charge in [-0.3, -0.25) is 0 Å². The molecular formula is C9H9F3O. The number of ether oxygens (including phenoxy) is 1. The van der Waals surface area contributed by atoms with Gasteiger partial charge in [-0.05, 0) is 25.0 Å². The van der Waals surface area contributed by atoms with Crippen LogP contribution in [0.15, 0.2) is 18.2 Å². The van der Waals surface area contributed by atoms with Crippen LogP contribution in [0.2, 0.25) is 0 Å². The summed E-state index contributed by atoms with van der Waals surface area (Å²) in [4.78, 5) is 0. The summed E-state index contributed by atoms with van der Waals surface area (Å²) in [6.07, 6.45) is -4.61. The Labute approximate surface area is 74.1 Å². The van der Waals surface area contributed by atoms with Crippen molar-refractivity contribution in [3.8, 4) is 5.75 Å². The van der Waals surface area contributed by atoms with Crippen LogP contribution < -0.4 is 4.74 Å². The van der Waals surface area contributed by atoms with E-state index in [4.69, 9.17) is 0 Å². The van der Waals surface area contributed by atoms with Crippen LogP contribution in [0.25, 0.3) is 0 Å². The van der Waals surface area contributed by atoms with Crippen LogP contribution in [0.3, 0.4) is 0 Å². The summed E-state index contributed by atoms with van der Waals surface area (Å²) in [7, 11) is 0. The lowest BCUT2D eigenvalue weighted by atomic mass is 10.1. The lowest BCUT2D eigenvalue weighted by Gasteiger charge is -2.13. The molecule has 0 aliphatic heterocycles. The van der Waals surface area contributed by atoms with Crippen molar-refractivity contribution in [1.82, 2.24) is 0 Å². The number of alkyl halides is 3. The van der Waals surface area contributed by atoms with Crippen LogP contribution in [-0.4, -0.2) is 6.36 Å². The molecule has 0 atom stereocenters. The van der Waals surface area contributed by atoms with Crippen LogP contribution in [0, 0.1) is 13.8 Å². The fourth-order valence-corrected chi connectivity index (χ4v) is 1.08. The first kappa shape index (κ1) is 9.89. The largest absolute Gasteiger partial charge is 0.573 e. The summed E-state index contributed by atoms with van der Waals surface area (Å²) in [5.74, 6) is -0.102. The summed E-state index contributed by atoms with van der Waals surface area (Å²) in [6.45, 7) is 3.15.